The van der Waals surface area contributed by atoms with Crippen molar-refractivity contribution in [3.63, 3.8) is 0 Å². The maximum Gasteiger partial charge on any atom is 0.357 e. The normalized spacial score (nSPS) is 12.9. The van der Waals surface area contributed by atoms with Crippen molar-refractivity contribution < 1.29 is 45.6 Å². The first-order valence-corrected chi connectivity index (χ1v) is 18.6. The van der Waals surface area contributed by atoms with E-state index in [4.69, 9.17) is 18.1 Å². The van der Waals surface area contributed by atoms with Gasteiger partial charge in [0.2, 0.25) is 11.9 Å². The lowest BCUT2D eigenvalue weighted by molar-refractivity contribution is 0.247. The third-order valence-electron chi connectivity index (χ3n) is 7.87. The van der Waals surface area contributed by atoms with Gasteiger partial charge in [-0.1, -0.05) is 30.3 Å². The number of rotatable bonds is 14. The van der Waals surface area contributed by atoms with E-state index in [0.717, 1.165) is 75.2 Å². The van der Waals surface area contributed by atoms with Crippen molar-refractivity contribution in [2.24, 2.45) is 0 Å². The minimum atomic E-state index is -4.20. The number of carbonyl (C=O) groups is 2. The van der Waals surface area contributed by atoms with E-state index in [1.165, 1.54) is 36.4 Å². The summed E-state index contributed by atoms with van der Waals surface area (Å²) < 4.78 is 76.9. The van der Waals surface area contributed by atoms with Crippen LogP contribution in [0.3, 0.4) is 0 Å². The average Bonchev–Trinajstić information content (AvgIpc) is 3.90. The van der Waals surface area contributed by atoms with Crippen molar-refractivity contribution >= 4 is 50.5 Å². The number of nitrogens with zero attached hydrogens (tertiary/aromatic N) is 6. The van der Waals surface area contributed by atoms with Gasteiger partial charge in [-0.05, 0) is 60.0 Å². The second-order valence-corrected chi connectivity index (χ2v) is 15.5. The fraction of sp³-hybridized carbons (Fsp3) is 0.226. The van der Waals surface area contributed by atoms with Crippen LogP contribution in [0.5, 0.6) is 0 Å². The number of hydrogen-bond acceptors (Lipinski definition) is 12. The number of H-pyrrole nitrogens is 2. The number of aromatic amines is 2. The molecule has 5 rings (SSSR count). The van der Waals surface area contributed by atoms with Gasteiger partial charge >= 0.3 is 27.3 Å². The number of aryl methyl sites for hydroxylation is 1. The molecule has 0 bridgehead atoms. The minimum Gasteiger partial charge on any atom is -0.310 e. The Balaban J connectivity index is 1.52. The zero-order valence-electron chi connectivity index (χ0n) is 28.8. The summed E-state index contributed by atoms with van der Waals surface area (Å²) in [6.07, 6.45) is 2.24. The highest BCUT2D eigenvalue weighted by Gasteiger charge is 2.46. The Morgan fingerprint density at radius 2 is 1.09 bits per heavy atom. The Hall–Kier alpha value is -5.36. The first-order valence-electron chi connectivity index (χ1n) is 15.3. The maximum absolute atomic E-state index is 14.2. The molecule has 280 valence electrons. The molecule has 0 radical (unpaired) electrons. The van der Waals surface area contributed by atoms with Gasteiger partial charge in [-0.2, -0.15) is 20.2 Å². The van der Waals surface area contributed by atoms with Crippen LogP contribution in [-0.2, 0) is 27.2 Å². The number of hydrogen-bond donors (Lipinski definition) is 4. The van der Waals surface area contributed by atoms with Crippen LogP contribution in [0.4, 0.5) is 41.6 Å². The largest absolute Gasteiger partial charge is 0.357 e. The van der Waals surface area contributed by atoms with Crippen molar-refractivity contribution in [3.8, 4) is 0 Å². The number of anilines is 4. The fourth-order valence-electron chi connectivity index (χ4n) is 5.23. The van der Waals surface area contributed by atoms with Gasteiger partial charge in [-0.15, -0.1) is 0 Å². The molecule has 3 aromatic carbocycles. The van der Waals surface area contributed by atoms with Gasteiger partial charge in [0.15, 0.2) is 11.6 Å². The second kappa shape index (κ2) is 16.5. The Morgan fingerprint density at radius 1 is 0.679 bits per heavy atom. The summed E-state index contributed by atoms with van der Waals surface area (Å²) in [7, 11) is -3.87. The Bertz CT molecular complexity index is 2090. The average molecular weight is 775 g/mol. The number of nitrogens with one attached hydrogen (secondary N) is 4. The van der Waals surface area contributed by atoms with E-state index in [2.05, 4.69) is 41.0 Å². The molecule has 0 aliphatic carbocycles. The van der Waals surface area contributed by atoms with E-state index < -0.39 is 50.5 Å². The predicted octanol–water partition coefficient (Wildman–Crippen LogP) is 6.96. The lowest BCUT2D eigenvalue weighted by Gasteiger charge is -2.33. The van der Waals surface area contributed by atoms with Crippen LogP contribution in [0.25, 0.3) is 0 Å². The first-order chi connectivity index (χ1) is 25.4. The highest BCUT2D eigenvalue weighted by molar-refractivity contribution is 7.54. The number of amides is 4. The molecule has 0 unspecified atom stereocenters. The molecule has 4 N–H and O–H groups in total. The monoisotopic (exact) mass is 774 g/mol. The molecule has 0 saturated carbocycles. The summed E-state index contributed by atoms with van der Waals surface area (Å²) >= 11 is 0. The third kappa shape index (κ3) is 8.33. The zero-order valence-corrected chi connectivity index (χ0v) is 30.5. The smallest absolute Gasteiger partial charge is 0.310 e. The Morgan fingerprint density at radius 3 is 1.47 bits per heavy atom. The van der Waals surface area contributed by atoms with Gasteiger partial charge in [0.05, 0.1) is 0 Å². The molecule has 0 fully saturated rings. The zero-order chi connectivity index (χ0) is 38.3. The lowest BCUT2D eigenvalue weighted by Crippen LogP contribution is -2.40. The Kier molecular flexibility index (Phi) is 12.1. The molecule has 5 aromatic rings. The highest BCUT2D eigenvalue weighted by atomic mass is 31.2. The molecule has 2 aromatic heterocycles. The predicted molar refractivity (Wildman–Crippen MR) is 188 cm³/mol. The molecule has 0 saturated heterocycles. The number of urea groups is 2. The molecule has 53 heavy (non-hydrogen) atoms. The van der Waals surface area contributed by atoms with Crippen LogP contribution >= 0.6 is 15.2 Å². The van der Waals surface area contributed by atoms with Crippen LogP contribution in [0, 0.1) is 18.6 Å². The van der Waals surface area contributed by atoms with E-state index >= 15 is 0 Å². The molecule has 18 nitrogen and oxygen atoms in total. The van der Waals surface area contributed by atoms with Gasteiger partial charge in [-0.25, -0.2) is 38.4 Å². The van der Waals surface area contributed by atoms with Crippen LogP contribution < -0.4 is 20.4 Å². The summed E-state index contributed by atoms with van der Waals surface area (Å²) in [6.45, 7) is 1.67. The number of benzene rings is 3. The standard InChI is InChI=1S/C31H34F2N10O8P2/c1-19-6-15-24(38-30(44)42(28-34-17-36-40-28)26(52(46,48-2)49-3)20-7-11-22(32)12-8-20)16-25(19)39-31(45)43(29-35-18-37-41-29)27(53(47,50-4)51-5)21-9-13-23(33)14-10-21/h6-18,26-27H,1-5H3,(H,38,44)(H,39,45)(H,34,36,40)(H,35,37,41)/t26-,27-/m0/s1. The van der Waals surface area contributed by atoms with Crippen LogP contribution in [0.1, 0.15) is 28.3 Å². The van der Waals surface area contributed by atoms with Crippen molar-refractivity contribution in [2.75, 3.05) is 48.9 Å². The van der Waals surface area contributed by atoms with Gasteiger partial charge < -0.3 is 28.7 Å². The lowest BCUT2D eigenvalue weighted by atomic mass is 10.1. The summed E-state index contributed by atoms with van der Waals surface area (Å²) in [4.78, 5) is 38.4. The van der Waals surface area contributed by atoms with Crippen LogP contribution in [0.2, 0.25) is 0 Å². The molecule has 2 heterocycles. The van der Waals surface area contributed by atoms with Crippen molar-refractivity contribution in [3.05, 3.63) is 108 Å². The van der Waals surface area contributed by atoms with Crippen LogP contribution in [-0.4, -0.2) is 70.9 Å². The molecule has 2 atom stereocenters. The first kappa shape index (κ1) is 38.9. The van der Waals surface area contributed by atoms with Gasteiger partial charge in [-0.3, -0.25) is 9.13 Å². The summed E-state index contributed by atoms with van der Waals surface area (Å²) in [6, 6.07) is 12.4. The Labute approximate surface area is 301 Å². The van der Waals surface area contributed by atoms with E-state index in [9.17, 15) is 27.5 Å². The van der Waals surface area contributed by atoms with Crippen molar-refractivity contribution in [1.29, 1.82) is 0 Å². The fourth-order valence-corrected chi connectivity index (χ4v) is 8.40. The molecule has 0 spiro atoms. The van der Waals surface area contributed by atoms with E-state index in [0.29, 0.717) is 5.56 Å². The van der Waals surface area contributed by atoms with Gasteiger partial charge in [0, 0.05) is 39.8 Å². The van der Waals surface area contributed by atoms with Crippen molar-refractivity contribution in [1.82, 2.24) is 30.4 Å². The molecule has 0 aliphatic rings. The molecule has 22 heteroatoms. The minimum absolute atomic E-state index is 0.128. The van der Waals surface area contributed by atoms with E-state index in [1.54, 1.807) is 13.0 Å². The third-order valence-corrected chi connectivity index (χ3v) is 12.2. The van der Waals surface area contributed by atoms with Gasteiger partial charge in [0.25, 0.3) is 0 Å². The summed E-state index contributed by atoms with van der Waals surface area (Å²) in [5.41, 5.74) is 1.17. The quantitative estimate of drug-likeness (QED) is 0.0842. The maximum atomic E-state index is 14.2. The second-order valence-electron chi connectivity index (χ2n) is 10.9. The highest BCUT2D eigenvalue weighted by Crippen LogP contribution is 2.63. The molecule has 0 aliphatic heterocycles. The summed E-state index contributed by atoms with van der Waals surface area (Å²) in [5.74, 6) is -4.48. The van der Waals surface area contributed by atoms with Crippen LogP contribution in [0.15, 0.2) is 79.4 Å². The number of aromatic nitrogens is 6. The number of halogens is 2. The van der Waals surface area contributed by atoms with E-state index in [1.807, 2.05) is 0 Å². The SMILES string of the molecule is COP(=O)(OC)[C@@H](c1ccc(F)cc1)N(C(=O)Nc1ccc(C)c(NC(=O)N(c2ncn[nH]2)[C@H](c2ccc(F)cc2)P(=O)(OC)OC)c1)c1ncn[nH]1. The summed E-state index contributed by atoms with van der Waals surface area (Å²) in [5, 5.41) is 18.2. The van der Waals surface area contributed by atoms with Crippen molar-refractivity contribution in [2.45, 2.75) is 18.5 Å². The molecule has 4 amide bonds. The topological polar surface area (TPSA) is 219 Å². The van der Waals surface area contributed by atoms with E-state index in [-0.39, 0.29) is 34.4 Å². The number of carbonyl (C=O) groups excluding carboxylic acids is 2. The molecular weight excluding hydrogens is 740 g/mol. The molecular formula is C31H34F2N10O8P2. The van der Waals surface area contributed by atoms with Gasteiger partial charge in [0.1, 0.15) is 24.3 Å².